The zero-order valence-electron chi connectivity index (χ0n) is 14.5. The fourth-order valence-corrected chi connectivity index (χ4v) is 2.97. The van der Waals surface area contributed by atoms with Gasteiger partial charge in [-0.05, 0) is 26.0 Å². The Balaban J connectivity index is 1.79. The smallest absolute Gasteiger partial charge is 0.413 e. The molecule has 0 aromatic heterocycles. The van der Waals surface area contributed by atoms with Crippen molar-refractivity contribution in [3.8, 4) is 0 Å². The Kier molecular flexibility index (Phi) is 4.38. The van der Waals surface area contributed by atoms with Crippen molar-refractivity contribution in [2.75, 3.05) is 38.4 Å². The molecule has 8 heteroatoms. The average molecular weight is 347 g/mol. The van der Waals surface area contributed by atoms with Crippen LogP contribution in [-0.2, 0) is 14.3 Å². The Morgan fingerprint density at radius 3 is 2.68 bits per heavy atom. The van der Waals surface area contributed by atoms with Gasteiger partial charge in [-0.15, -0.1) is 0 Å². The first kappa shape index (κ1) is 17.2. The normalized spacial score (nSPS) is 19.7. The number of ether oxygens (including phenoxy) is 2. The molecular weight excluding hydrogens is 326 g/mol. The maximum Gasteiger partial charge on any atom is 0.413 e. The third-order valence-electron chi connectivity index (χ3n) is 4.40. The highest BCUT2D eigenvalue weighted by molar-refractivity contribution is 6.09. The molecule has 0 N–H and O–H groups in total. The Bertz CT molecular complexity index is 718. The van der Waals surface area contributed by atoms with E-state index in [9.17, 15) is 14.4 Å². The van der Waals surface area contributed by atoms with Gasteiger partial charge >= 0.3 is 6.09 Å². The second-order valence-electron chi connectivity index (χ2n) is 6.49. The van der Waals surface area contributed by atoms with Gasteiger partial charge in [-0.3, -0.25) is 19.4 Å². The van der Waals surface area contributed by atoms with E-state index >= 15 is 0 Å². The zero-order valence-corrected chi connectivity index (χ0v) is 14.5. The second kappa shape index (κ2) is 6.36. The predicted octanol–water partition coefficient (Wildman–Crippen LogP) is 1.27. The lowest BCUT2D eigenvalue weighted by Gasteiger charge is -2.30. The number of anilines is 1. The van der Waals surface area contributed by atoms with Gasteiger partial charge < -0.3 is 14.4 Å². The Hall–Kier alpha value is -2.61. The van der Waals surface area contributed by atoms with Crippen molar-refractivity contribution in [1.29, 1.82) is 0 Å². The zero-order chi connectivity index (χ0) is 18.2. The molecule has 3 amide bonds. The molecule has 0 bridgehead atoms. The first-order valence-corrected chi connectivity index (χ1v) is 8.04. The van der Waals surface area contributed by atoms with Crippen molar-refractivity contribution in [2.24, 2.45) is 0 Å². The van der Waals surface area contributed by atoms with E-state index in [2.05, 4.69) is 0 Å². The molecule has 1 saturated heterocycles. The molecule has 2 heterocycles. The van der Waals surface area contributed by atoms with Crippen molar-refractivity contribution in [3.05, 3.63) is 29.8 Å². The molecule has 8 nitrogen and oxygen atoms in total. The number of carbonyl (C=O) groups excluding carboxylic acids is 3. The molecule has 3 rings (SSSR count). The number of rotatable bonds is 2. The molecule has 2 aliphatic heterocycles. The number of likely N-dealkylation sites (N-methyl/N-ethyl adjacent to an activating group) is 1. The van der Waals surface area contributed by atoms with Crippen LogP contribution in [0.2, 0.25) is 0 Å². The summed E-state index contributed by atoms with van der Waals surface area (Å²) in [6, 6.07) is 6.78. The number of hydrogen-bond acceptors (Lipinski definition) is 5. The summed E-state index contributed by atoms with van der Waals surface area (Å²) in [6.07, 6.45) is -0.559. The van der Waals surface area contributed by atoms with E-state index in [-0.39, 0.29) is 25.1 Å². The lowest BCUT2D eigenvalue weighted by Crippen LogP contribution is -2.46. The predicted molar refractivity (Wildman–Crippen MR) is 89.0 cm³/mol. The topological polar surface area (TPSA) is 79.4 Å². The molecule has 25 heavy (non-hydrogen) atoms. The molecule has 1 aromatic rings. The number of fused-ring (bicyclic) bond motifs is 1. The van der Waals surface area contributed by atoms with Crippen LogP contribution in [0.25, 0.3) is 0 Å². The summed E-state index contributed by atoms with van der Waals surface area (Å²) >= 11 is 0. The van der Waals surface area contributed by atoms with Gasteiger partial charge in [0.25, 0.3) is 5.91 Å². The van der Waals surface area contributed by atoms with E-state index in [1.807, 2.05) is 0 Å². The summed E-state index contributed by atoms with van der Waals surface area (Å²) in [5.41, 5.74) is 0.0943. The summed E-state index contributed by atoms with van der Waals surface area (Å²) < 4.78 is 10.8. The van der Waals surface area contributed by atoms with E-state index in [1.165, 1.54) is 14.7 Å². The lowest BCUT2D eigenvalue weighted by atomic mass is 10.1. The molecule has 1 aromatic carbocycles. The van der Waals surface area contributed by atoms with Crippen LogP contribution in [0.3, 0.4) is 0 Å². The summed E-state index contributed by atoms with van der Waals surface area (Å²) in [6.45, 7) is 4.08. The van der Waals surface area contributed by atoms with Crippen molar-refractivity contribution in [3.63, 3.8) is 0 Å². The fourth-order valence-electron chi connectivity index (χ4n) is 2.97. The first-order chi connectivity index (χ1) is 11.8. The largest absolute Gasteiger partial charge is 0.427 e. The average Bonchev–Trinajstić information content (AvgIpc) is 2.89. The van der Waals surface area contributed by atoms with Crippen molar-refractivity contribution in [1.82, 2.24) is 9.80 Å². The number of amides is 3. The molecule has 134 valence electrons. The maximum atomic E-state index is 12.5. The highest BCUT2D eigenvalue weighted by Gasteiger charge is 2.38. The number of nitrogens with zero attached hydrogens (tertiary/aromatic N) is 3. The first-order valence-electron chi connectivity index (χ1n) is 8.04. The van der Waals surface area contributed by atoms with E-state index in [4.69, 9.17) is 9.47 Å². The molecule has 0 unspecified atom stereocenters. The molecular formula is C17H21N3O5. The van der Waals surface area contributed by atoms with Crippen LogP contribution >= 0.6 is 0 Å². The van der Waals surface area contributed by atoms with Crippen LogP contribution in [-0.4, -0.2) is 66.9 Å². The number of hydrogen-bond donors (Lipinski definition) is 0. The van der Waals surface area contributed by atoms with Gasteiger partial charge in [0.15, 0.2) is 6.73 Å². The summed E-state index contributed by atoms with van der Waals surface area (Å²) in [5.74, 6) is -0.558. The maximum absolute atomic E-state index is 12.5. The highest BCUT2D eigenvalue weighted by atomic mass is 16.6. The molecule has 0 aliphatic carbocycles. The number of carbonyl (C=O) groups is 3. The van der Waals surface area contributed by atoms with Crippen LogP contribution in [0.1, 0.15) is 24.2 Å². The Morgan fingerprint density at radius 2 is 2.00 bits per heavy atom. The second-order valence-corrected chi connectivity index (χ2v) is 6.49. The van der Waals surface area contributed by atoms with Gasteiger partial charge in [0.1, 0.15) is 12.3 Å². The van der Waals surface area contributed by atoms with Gasteiger partial charge in [-0.2, -0.15) is 0 Å². The van der Waals surface area contributed by atoms with Gasteiger partial charge in [0, 0.05) is 7.05 Å². The van der Waals surface area contributed by atoms with Gasteiger partial charge in [-0.25, -0.2) is 4.79 Å². The van der Waals surface area contributed by atoms with E-state index < -0.39 is 11.8 Å². The van der Waals surface area contributed by atoms with Crippen LogP contribution in [0, 0.1) is 0 Å². The number of para-hydroxylation sites is 1. The standard InChI is InChI=1S/C17H21N3O5/c1-17(2)20(8-9-25-17)16(23)24-11-19-13-7-5-4-6-12(13)15(22)18(3)10-14(19)21/h4-7H,8-11H2,1-3H3. The lowest BCUT2D eigenvalue weighted by molar-refractivity contribution is -0.119. The Morgan fingerprint density at radius 1 is 1.28 bits per heavy atom. The van der Waals surface area contributed by atoms with Crippen molar-refractivity contribution >= 4 is 23.6 Å². The third kappa shape index (κ3) is 3.17. The monoisotopic (exact) mass is 347 g/mol. The van der Waals surface area contributed by atoms with Gasteiger partial charge in [0.05, 0.1) is 24.4 Å². The SMILES string of the molecule is CN1CC(=O)N(COC(=O)N2CCOC2(C)C)c2ccccc2C1=O. The van der Waals surface area contributed by atoms with Crippen LogP contribution in [0.15, 0.2) is 24.3 Å². The quantitative estimate of drug-likeness (QED) is 0.805. The third-order valence-corrected chi connectivity index (χ3v) is 4.40. The van der Waals surface area contributed by atoms with Crippen molar-refractivity contribution < 1.29 is 23.9 Å². The van der Waals surface area contributed by atoms with Crippen LogP contribution in [0.4, 0.5) is 10.5 Å². The molecule has 2 aliphatic rings. The minimum Gasteiger partial charge on any atom is -0.427 e. The van der Waals surface area contributed by atoms with Gasteiger partial charge in [-0.1, -0.05) is 12.1 Å². The summed E-state index contributed by atoms with van der Waals surface area (Å²) in [4.78, 5) is 41.4. The van der Waals surface area contributed by atoms with Crippen LogP contribution < -0.4 is 4.90 Å². The van der Waals surface area contributed by atoms with E-state index in [0.717, 1.165) is 0 Å². The summed E-state index contributed by atoms with van der Waals surface area (Å²) in [5, 5.41) is 0. The van der Waals surface area contributed by atoms with Crippen LogP contribution in [0.5, 0.6) is 0 Å². The molecule has 1 fully saturated rings. The summed E-state index contributed by atoms with van der Waals surface area (Å²) in [7, 11) is 1.57. The Labute approximate surface area is 145 Å². The molecule has 0 atom stereocenters. The molecule has 0 spiro atoms. The van der Waals surface area contributed by atoms with Gasteiger partial charge in [0.2, 0.25) is 5.91 Å². The molecule has 0 radical (unpaired) electrons. The minimum absolute atomic E-state index is 0.0800. The highest BCUT2D eigenvalue weighted by Crippen LogP contribution is 2.26. The fraction of sp³-hybridized carbons (Fsp3) is 0.471. The minimum atomic E-state index is -0.742. The van der Waals surface area contributed by atoms with E-state index in [1.54, 1.807) is 45.2 Å². The number of benzene rings is 1. The molecule has 0 saturated carbocycles. The van der Waals surface area contributed by atoms with E-state index in [0.29, 0.717) is 24.4 Å². The van der Waals surface area contributed by atoms with Crippen molar-refractivity contribution in [2.45, 2.75) is 19.6 Å².